The first-order chi connectivity index (χ1) is 8.47. The molecule has 2 N–H and O–H groups in total. The van der Waals surface area contributed by atoms with Crippen molar-refractivity contribution < 1.29 is 0 Å². The van der Waals surface area contributed by atoms with Crippen LogP contribution in [0.5, 0.6) is 0 Å². The molecular formula is C15H21N3. The highest BCUT2D eigenvalue weighted by atomic mass is 15.3. The standard InChI is InChI=1S/C15H21N3/c1-10-5-6-14(11(2)7-10)15(16)9-13-8-12(3)17-18(13)4/h5-8,15H,9,16H2,1-4H3. The van der Waals surface area contributed by atoms with Crippen LogP contribution in [0.3, 0.4) is 0 Å². The molecule has 0 aliphatic carbocycles. The van der Waals surface area contributed by atoms with Crippen LogP contribution in [0.1, 0.15) is 34.1 Å². The second-order valence-electron chi connectivity index (χ2n) is 5.07. The van der Waals surface area contributed by atoms with Crippen LogP contribution >= 0.6 is 0 Å². The molecule has 18 heavy (non-hydrogen) atoms. The van der Waals surface area contributed by atoms with Gasteiger partial charge in [-0.1, -0.05) is 23.8 Å². The molecule has 3 heteroatoms. The van der Waals surface area contributed by atoms with Crippen LogP contribution < -0.4 is 5.73 Å². The Morgan fingerprint density at radius 3 is 2.50 bits per heavy atom. The topological polar surface area (TPSA) is 43.8 Å². The molecule has 1 unspecified atom stereocenters. The summed E-state index contributed by atoms with van der Waals surface area (Å²) in [5.41, 5.74) is 12.3. The van der Waals surface area contributed by atoms with E-state index in [2.05, 4.69) is 43.2 Å². The average molecular weight is 243 g/mol. The number of rotatable bonds is 3. The van der Waals surface area contributed by atoms with Crippen molar-refractivity contribution in [1.29, 1.82) is 0 Å². The first kappa shape index (κ1) is 12.8. The van der Waals surface area contributed by atoms with E-state index in [0.29, 0.717) is 0 Å². The van der Waals surface area contributed by atoms with Crippen molar-refractivity contribution >= 4 is 0 Å². The van der Waals surface area contributed by atoms with E-state index >= 15 is 0 Å². The maximum Gasteiger partial charge on any atom is 0.0596 e. The van der Waals surface area contributed by atoms with Gasteiger partial charge >= 0.3 is 0 Å². The molecule has 1 aromatic carbocycles. The van der Waals surface area contributed by atoms with E-state index in [1.165, 1.54) is 22.4 Å². The molecule has 0 fully saturated rings. The van der Waals surface area contributed by atoms with E-state index in [4.69, 9.17) is 5.73 Å². The monoisotopic (exact) mass is 243 g/mol. The highest BCUT2D eigenvalue weighted by molar-refractivity contribution is 5.33. The van der Waals surface area contributed by atoms with Crippen molar-refractivity contribution in [3.8, 4) is 0 Å². The van der Waals surface area contributed by atoms with Crippen molar-refractivity contribution in [2.45, 2.75) is 33.2 Å². The molecule has 1 atom stereocenters. The minimum absolute atomic E-state index is 0.0281. The summed E-state index contributed by atoms with van der Waals surface area (Å²) >= 11 is 0. The second kappa shape index (κ2) is 4.94. The van der Waals surface area contributed by atoms with Crippen LogP contribution in [0.25, 0.3) is 0 Å². The summed E-state index contributed by atoms with van der Waals surface area (Å²) in [5.74, 6) is 0. The maximum atomic E-state index is 6.31. The largest absolute Gasteiger partial charge is 0.324 e. The van der Waals surface area contributed by atoms with Gasteiger partial charge in [-0.3, -0.25) is 4.68 Å². The molecule has 3 nitrogen and oxygen atoms in total. The van der Waals surface area contributed by atoms with E-state index < -0.39 is 0 Å². The molecule has 0 bridgehead atoms. The van der Waals surface area contributed by atoms with Gasteiger partial charge in [-0.05, 0) is 38.0 Å². The van der Waals surface area contributed by atoms with Crippen molar-refractivity contribution in [1.82, 2.24) is 9.78 Å². The van der Waals surface area contributed by atoms with Crippen LogP contribution in [0.2, 0.25) is 0 Å². The Morgan fingerprint density at radius 2 is 1.94 bits per heavy atom. The van der Waals surface area contributed by atoms with Gasteiger partial charge in [-0.15, -0.1) is 0 Å². The smallest absolute Gasteiger partial charge is 0.0596 e. The molecule has 96 valence electrons. The van der Waals surface area contributed by atoms with Gasteiger partial charge in [0.25, 0.3) is 0 Å². The lowest BCUT2D eigenvalue weighted by Crippen LogP contribution is -2.16. The molecule has 2 rings (SSSR count). The van der Waals surface area contributed by atoms with Gasteiger partial charge in [-0.2, -0.15) is 5.10 Å². The number of nitrogens with zero attached hydrogens (tertiary/aromatic N) is 2. The van der Waals surface area contributed by atoms with Gasteiger partial charge in [0, 0.05) is 25.2 Å². The maximum absolute atomic E-state index is 6.31. The SMILES string of the molecule is Cc1ccc(C(N)Cc2cc(C)nn2C)c(C)c1. The number of aromatic nitrogens is 2. The first-order valence-corrected chi connectivity index (χ1v) is 6.29. The second-order valence-corrected chi connectivity index (χ2v) is 5.07. The third kappa shape index (κ3) is 2.62. The molecule has 0 radical (unpaired) electrons. The van der Waals surface area contributed by atoms with E-state index in [1.54, 1.807) is 0 Å². The number of hydrogen-bond acceptors (Lipinski definition) is 2. The number of hydrogen-bond donors (Lipinski definition) is 1. The van der Waals surface area contributed by atoms with Crippen LogP contribution in [0.4, 0.5) is 0 Å². The molecule has 2 aromatic rings. The summed E-state index contributed by atoms with van der Waals surface area (Å²) in [7, 11) is 1.97. The lowest BCUT2D eigenvalue weighted by molar-refractivity contribution is 0.637. The highest BCUT2D eigenvalue weighted by Crippen LogP contribution is 2.20. The van der Waals surface area contributed by atoms with Gasteiger partial charge < -0.3 is 5.73 Å². The molecule has 1 aromatic heterocycles. The molecule has 0 spiro atoms. The molecule has 0 aliphatic rings. The zero-order valence-electron chi connectivity index (χ0n) is 11.6. The van der Waals surface area contributed by atoms with Crippen LogP contribution in [-0.2, 0) is 13.5 Å². The first-order valence-electron chi connectivity index (χ1n) is 6.29. The lowest BCUT2D eigenvalue weighted by Gasteiger charge is -2.15. The fourth-order valence-corrected chi connectivity index (χ4v) is 2.43. The van der Waals surface area contributed by atoms with Crippen molar-refractivity contribution in [3.63, 3.8) is 0 Å². The Hall–Kier alpha value is -1.61. The highest BCUT2D eigenvalue weighted by Gasteiger charge is 2.12. The normalized spacial score (nSPS) is 12.7. The summed E-state index contributed by atoms with van der Waals surface area (Å²) < 4.78 is 1.92. The zero-order chi connectivity index (χ0) is 13.3. The zero-order valence-corrected chi connectivity index (χ0v) is 11.6. The Bertz CT molecular complexity index is 555. The Kier molecular flexibility index (Phi) is 3.53. The third-order valence-electron chi connectivity index (χ3n) is 3.35. The van der Waals surface area contributed by atoms with Crippen LogP contribution in [-0.4, -0.2) is 9.78 Å². The van der Waals surface area contributed by atoms with E-state index in [-0.39, 0.29) is 6.04 Å². The number of nitrogens with two attached hydrogens (primary N) is 1. The number of aryl methyl sites for hydroxylation is 4. The third-order valence-corrected chi connectivity index (χ3v) is 3.35. The molecule has 0 saturated carbocycles. The van der Waals surface area contributed by atoms with E-state index in [9.17, 15) is 0 Å². The minimum Gasteiger partial charge on any atom is -0.324 e. The Morgan fingerprint density at radius 1 is 1.22 bits per heavy atom. The Balaban J connectivity index is 2.21. The predicted molar refractivity (Wildman–Crippen MR) is 74.5 cm³/mol. The molecule has 0 aliphatic heterocycles. The Labute approximate surface area is 109 Å². The summed E-state index contributed by atoms with van der Waals surface area (Å²) in [6, 6.07) is 8.57. The summed E-state index contributed by atoms with van der Waals surface area (Å²) in [6.07, 6.45) is 0.821. The van der Waals surface area contributed by atoms with Crippen molar-refractivity contribution in [2.75, 3.05) is 0 Å². The van der Waals surface area contributed by atoms with Crippen LogP contribution in [0.15, 0.2) is 24.3 Å². The van der Waals surface area contributed by atoms with Gasteiger partial charge in [-0.25, -0.2) is 0 Å². The quantitative estimate of drug-likeness (QED) is 0.900. The van der Waals surface area contributed by atoms with Crippen molar-refractivity contribution in [3.05, 3.63) is 52.3 Å². The van der Waals surface area contributed by atoms with Gasteiger partial charge in [0.05, 0.1) is 5.69 Å². The average Bonchev–Trinajstić information content (AvgIpc) is 2.57. The van der Waals surface area contributed by atoms with E-state index in [0.717, 1.165) is 12.1 Å². The van der Waals surface area contributed by atoms with Gasteiger partial charge in [0.1, 0.15) is 0 Å². The van der Waals surface area contributed by atoms with E-state index in [1.807, 2.05) is 18.7 Å². The summed E-state index contributed by atoms with van der Waals surface area (Å²) in [4.78, 5) is 0. The van der Waals surface area contributed by atoms with Gasteiger partial charge in [0.2, 0.25) is 0 Å². The molecule has 0 saturated heterocycles. The molecule has 0 amide bonds. The van der Waals surface area contributed by atoms with Gasteiger partial charge in [0.15, 0.2) is 0 Å². The molecular weight excluding hydrogens is 222 g/mol. The lowest BCUT2D eigenvalue weighted by atomic mass is 9.96. The summed E-state index contributed by atoms with van der Waals surface area (Å²) in [6.45, 7) is 6.23. The number of benzene rings is 1. The fraction of sp³-hybridized carbons (Fsp3) is 0.400. The van der Waals surface area contributed by atoms with Crippen LogP contribution in [0, 0.1) is 20.8 Å². The predicted octanol–water partition coefficient (Wildman–Crippen LogP) is 2.59. The summed E-state index contributed by atoms with van der Waals surface area (Å²) in [5, 5.41) is 4.36. The minimum atomic E-state index is 0.0281. The van der Waals surface area contributed by atoms with Crippen molar-refractivity contribution in [2.24, 2.45) is 12.8 Å². The molecule has 1 heterocycles. The fourth-order valence-electron chi connectivity index (χ4n) is 2.43.